The largest absolute Gasteiger partial charge is 0.468 e. The highest BCUT2D eigenvalue weighted by molar-refractivity contribution is 5.17. The molecule has 0 aliphatic heterocycles. The van der Waals surface area contributed by atoms with E-state index in [-0.39, 0.29) is 0 Å². The van der Waals surface area contributed by atoms with E-state index in [1.54, 1.807) is 6.26 Å². The zero-order valence-electron chi connectivity index (χ0n) is 11.4. The van der Waals surface area contributed by atoms with Crippen LogP contribution in [0.5, 0.6) is 0 Å². The monoisotopic (exact) mass is 248 g/mol. The first-order chi connectivity index (χ1) is 8.56. The van der Waals surface area contributed by atoms with Gasteiger partial charge in [0.15, 0.2) is 0 Å². The number of rotatable bonds is 5. The summed E-state index contributed by atoms with van der Waals surface area (Å²) < 4.78 is 7.41. The van der Waals surface area contributed by atoms with Gasteiger partial charge in [-0.3, -0.25) is 0 Å². The summed E-state index contributed by atoms with van der Waals surface area (Å²) >= 11 is 0. The van der Waals surface area contributed by atoms with E-state index in [2.05, 4.69) is 29.2 Å². The van der Waals surface area contributed by atoms with Crippen LogP contribution in [0.3, 0.4) is 0 Å². The van der Waals surface area contributed by atoms with Crippen LogP contribution in [0.25, 0.3) is 0 Å². The number of aryl methyl sites for hydroxylation is 2. The first-order valence-corrected chi connectivity index (χ1v) is 6.23. The van der Waals surface area contributed by atoms with Gasteiger partial charge in [0, 0.05) is 11.6 Å². The van der Waals surface area contributed by atoms with Gasteiger partial charge in [0.25, 0.3) is 0 Å². The Morgan fingerprint density at radius 3 is 2.78 bits per heavy atom. The van der Waals surface area contributed by atoms with E-state index in [0.717, 1.165) is 29.5 Å². The van der Waals surface area contributed by atoms with Gasteiger partial charge in [-0.15, -0.1) is 0 Å². The van der Waals surface area contributed by atoms with Crippen LogP contribution in [0.1, 0.15) is 36.8 Å². The highest BCUT2D eigenvalue weighted by atomic mass is 16.3. The third-order valence-electron chi connectivity index (χ3n) is 2.79. The molecule has 0 atom stereocenters. The van der Waals surface area contributed by atoms with Crippen molar-refractivity contribution in [2.45, 2.75) is 46.8 Å². The highest BCUT2D eigenvalue weighted by Crippen LogP contribution is 2.13. The fourth-order valence-corrected chi connectivity index (χ4v) is 1.83. The van der Waals surface area contributed by atoms with Gasteiger partial charge in [-0.25, -0.2) is 9.67 Å². The standard InChI is InChI=1S/C13H20N4O/c1-9(2)14-7-13-12(5-6-18-13)8-17-11(4)15-10(3)16-17/h5-6,9,14H,7-8H2,1-4H3. The summed E-state index contributed by atoms with van der Waals surface area (Å²) in [5.74, 6) is 2.70. The van der Waals surface area contributed by atoms with E-state index in [9.17, 15) is 0 Å². The molecule has 0 aromatic carbocycles. The Balaban J connectivity index is 2.10. The van der Waals surface area contributed by atoms with Crippen molar-refractivity contribution < 1.29 is 4.42 Å². The smallest absolute Gasteiger partial charge is 0.147 e. The van der Waals surface area contributed by atoms with Crippen LogP contribution in [-0.2, 0) is 13.1 Å². The van der Waals surface area contributed by atoms with E-state index in [1.807, 2.05) is 24.6 Å². The lowest BCUT2D eigenvalue weighted by Crippen LogP contribution is -2.22. The molecular weight excluding hydrogens is 228 g/mol. The third kappa shape index (κ3) is 2.98. The fourth-order valence-electron chi connectivity index (χ4n) is 1.83. The van der Waals surface area contributed by atoms with Crippen molar-refractivity contribution in [3.05, 3.63) is 35.3 Å². The van der Waals surface area contributed by atoms with Crippen molar-refractivity contribution in [3.8, 4) is 0 Å². The maximum atomic E-state index is 5.51. The minimum Gasteiger partial charge on any atom is -0.468 e. The Hall–Kier alpha value is -1.62. The van der Waals surface area contributed by atoms with Crippen LogP contribution < -0.4 is 5.32 Å². The zero-order chi connectivity index (χ0) is 13.1. The fraction of sp³-hybridized carbons (Fsp3) is 0.538. The van der Waals surface area contributed by atoms with Crippen molar-refractivity contribution in [1.29, 1.82) is 0 Å². The minimum atomic E-state index is 0.443. The molecule has 0 saturated carbocycles. The molecule has 0 aliphatic carbocycles. The van der Waals surface area contributed by atoms with E-state index in [1.165, 1.54) is 0 Å². The van der Waals surface area contributed by atoms with Gasteiger partial charge >= 0.3 is 0 Å². The molecular formula is C13H20N4O. The van der Waals surface area contributed by atoms with Crippen molar-refractivity contribution in [1.82, 2.24) is 20.1 Å². The molecule has 18 heavy (non-hydrogen) atoms. The number of furan rings is 1. The lowest BCUT2D eigenvalue weighted by molar-refractivity contribution is 0.457. The maximum absolute atomic E-state index is 5.51. The second kappa shape index (κ2) is 5.35. The Morgan fingerprint density at radius 1 is 1.39 bits per heavy atom. The molecule has 0 aliphatic rings. The summed E-state index contributed by atoms with van der Waals surface area (Å²) in [6, 6.07) is 2.44. The Kier molecular flexibility index (Phi) is 3.81. The highest BCUT2D eigenvalue weighted by Gasteiger charge is 2.10. The van der Waals surface area contributed by atoms with E-state index >= 15 is 0 Å². The molecule has 0 saturated heterocycles. The summed E-state index contributed by atoms with van der Waals surface area (Å²) in [4.78, 5) is 4.30. The summed E-state index contributed by atoms with van der Waals surface area (Å²) in [6.45, 7) is 9.55. The lowest BCUT2D eigenvalue weighted by atomic mass is 10.2. The average molecular weight is 248 g/mol. The molecule has 5 heteroatoms. The number of hydrogen-bond donors (Lipinski definition) is 1. The first kappa shape index (κ1) is 12.8. The van der Waals surface area contributed by atoms with Crippen LogP contribution in [-0.4, -0.2) is 20.8 Å². The van der Waals surface area contributed by atoms with Gasteiger partial charge in [-0.1, -0.05) is 13.8 Å². The van der Waals surface area contributed by atoms with Crippen LogP contribution in [0.15, 0.2) is 16.7 Å². The van der Waals surface area contributed by atoms with E-state index in [4.69, 9.17) is 4.42 Å². The quantitative estimate of drug-likeness (QED) is 0.879. The van der Waals surface area contributed by atoms with Crippen molar-refractivity contribution >= 4 is 0 Å². The molecule has 1 N–H and O–H groups in total. The van der Waals surface area contributed by atoms with Crippen LogP contribution in [0.4, 0.5) is 0 Å². The molecule has 0 amide bonds. The zero-order valence-corrected chi connectivity index (χ0v) is 11.4. The van der Waals surface area contributed by atoms with Crippen molar-refractivity contribution in [2.75, 3.05) is 0 Å². The molecule has 2 heterocycles. The topological polar surface area (TPSA) is 55.9 Å². The van der Waals surface area contributed by atoms with Gasteiger partial charge in [0.05, 0.1) is 19.4 Å². The molecule has 0 fully saturated rings. The number of nitrogens with one attached hydrogen (secondary N) is 1. The van der Waals surface area contributed by atoms with Gasteiger partial charge in [-0.2, -0.15) is 5.10 Å². The number of hydrogen-bond acceptors (Lipinski definition) is 4. The summed E-state index contributed by atoms with van der Waals surface area (Å²) in [6.07, 6.45) is 1.73. The van der Waals surface area contributed by atoms with Gasteiger partial charge < -0.3 is 9.73 Å². The Labute approximate surface area is 107 Å². The molecule has 98 valence electrons. The molecule has 5 nitrogen and oxygen atoms in total. The average Bonchev–Trinajstić information content (AvgIpc) is 2.84. The van der Waals surface area contributed by atoms with Crippen molar-refractivity contribution in [2.24, 2.45) is 0 Å². The van der Waals surface area contributed by atoms with Gasteiger partial charge in [0.2, 0.25) is 0 Å². The maximum Gasteiger partial charge on any atom is 0.147 e. The van der Waals surface area contributed by atoms with E-state index in [0.29, 0.717) is 12.6 Å². The molecule has 0 unspecified atom stereocenters. The first-order valence-electron chi connectivity index (χ1n) is 6.23. The van der Waals surface area contributed by atoms with Gasteiger partial charge in [0.1, 0.15) is 17.4 Å². The molecule has 0 spiro atoms. The number of aromatic nitrogens is 3. The summed E-state index contributed by atoms with van der Waals surface area (Å²) in [5.41, 5.74) is 1.15. The second-order valence-electron chi connectivity index (χ2n) is 4.77. The van der Waals surface area contributed by atoms with Crippen LogP contribution >= 0.6 is 0 Å². The van der Waals surface area contributed by atoms with Gasteiger partial charge in [-0.05, 0) is 19.9 Å². The molecule has 2 aromatic heterocycles. The number of nitrogens with zero attached hydrogens (tertiary/aromatic N) is 3. The third-order valence-corrected chi connectivity index (χ3v) is 2.79. The van der Waals surface area contributed by atoms with E-state index < -0.39 is 0 Å². The second-order valence-corrected chi connectivity index (χ2v) is 4.77. The lowest BCUT2D eigenvalue weighted by Gasteiger charge is -2.08. The minimum absolute atomic E-state index is 0.443. The molecule has 2 aromatic rings. The van der Waals surface area contributed by atoms with Crippen LogP contribution in [0, 0.1) is 13.8 Å². The normalized spacial score (nSPS) is 11.4. The molecule has 2 rings (SSSR count). The molecule has 0 radical (unpaired) electrons. The van der Waals surface area contributed by atoms with Crippen LogP contribution in [0.2, 0.25) is 0 Å². The Morgan fingerprint density at radius 2 is 2.17 bits per heavy atom. The van der Waals surface area contributed by atoms with Crippen molar-refractivity contribution in [3.63, 3.8) is 0 Å². The summed E-state index contributed by atoms with van der Waals surface area (Å²) in [5, 5.41) is 7.72. The predicted octanol–water partition coefficient (Wildman–Crippen LogP) is 2.03. The Bertz CT molecular complexity index is 513. The molecule has 0 bridgehead atoms. The predicted molar refractivity (Wildman–Crippen MR) is 69.3 cm³/mol. The SMILES string of the molecule is Cc1nc(C)n(Cc2ccoc2CNC(C)C)n1. The summed E-state index contributed by atoms with van der Waals surface area (Å²) in [7, 11) is 0.